The third kappa shape index (κ3) is 7.59. The molecule has 0 bridgehead atoms. The van der Waals surface area contributed by atoms with Gasteiger partial charge >= 0.3 is 10.1 Å². The number of carbonyl (C=O) groups is 2. The van der Waals surface area contributed by atoms with Crippen molar-refractivity contribution in [3.05, 3.63) is 131 Å². The van der Waals surface area contributed by atoms with Gasteiger partial charge in [0.25, 0.3) is 0 Å². The number of aliphatic imine (C=N–C) groups is 1. The summed E-state index contributed by atoms with van der Waals surface area (Å²) in [6, 6.07) is 28.5. The van der Waals surface area contributed by atoms with Crippen molar-refractivity contribution in [3.8, 4) is 5.75 Å². The molecule has 1 unspecified atom stereocenters. The van der Waals surface area contributed by atoms with Gasteiger partial charge in [-0.3, -0.25) is 14.6 Å². The van der Waals surface area contributed by atoms with E-state index in [9.17, 15) is 18.0 Å². The summed E-state index contributed by atoms with van der Waals surface area (Å²) in [7, 11) is -2.69. The van der Waals surface area contributed by atoms with Crippen LogP contribution in [0, 0.1) is 0 Å². The van der Waals surface area contributed by atoms with Crippen LogP contribution < -0.4 is 15.5 Å². The smallest absolute Gasteiger partial charge is 0.317 e. The van der Waals surface area contributed by atoms with Gasteiger partial charge in [0.15, 0.2) is 0 Å². The number of hydroxylamine groups is 1. The van der Waals surface area contributed by atoms with Crippen LogP contribution in [0.2, 0.25) is 0 Å². The Kier molecular flexibility index (Phi) is 9.50. The number of anilines is 1. The summed E-state index contributed by atoms with van der Waals surface area (Å²) in [5, 5.41) is 2.87. The van der Waals surface area contributed by atoms with Gasteiger partial charge in [-0.05, 0) is 46.9 Å². The molecule has 1 atom stereocenters. The summed E-state index contributed by atoms with van der Waals surface area (Å²) in [4.78, 5) is 31.9. The zero-order chi connectivity index (χ0) is 32.9. The highest BCUT2D eigenvalue weighted by molar-refractivity contribution is 7.86. The van der Waals surface area contributed by atoms with Crippen molar-refractivity contribution in [1.82, 2.24) is 5.48 Å². The molecule has 0 aliphatic heterocycles. The lowest BCUT2D eigenvalue weighted by molar-refractivity contribution is -0.117. The number of allylic oxidation sites excluding steroid dienone is 1. The Morgan fingerprint density at radius 2 is 1.54 bits per heavy atom. The van der Waals surface area contributed by atoms with Gasteiger partial charge in [-0.15, -0.1) is 4.28 Å². The van der Waals surface area contributed by atoms with Gasteiger partial charge in [-0.1, -0.05) is 93.6 Å². The quantitative estimate of drug-likeness (QED) is 0.201. The van der Waals surface area contributed by atoms with Crippen molar-refractivity contribution in [1.29, 1.82) is 0 Å². The second kappa shape index (κ2) is 13.5. The predicted octanol–water partition coefficient (Wildman–Crippen LogP) is 6.13. The number of benzene rings is 4. The predicted molar refractivity (Wildman–Crippen MR) is 178 cm³/mol. The molecule has 4 aromatic rings. The number of nitrogens with one attached hydrogen (secondary N) is 2. The van der Waals surface area contributed by atoms with Gasteiger partial charge in [0.1, 0.15) is 17.5 Å². The molecule has 4 aromatic carbocycles. The van der Waals surface area contributed by atoms with E-state index >= 15 is 0 Å². The van der Waals surface area contributed by atoms with Crippen LogP contribution in [0.1, 0.15) is 47.8 Å². The second-order valence-electron chi connectivity index (χ2n) is 11.8. The number of hydrogen-bond donors (Lipinski definition) is 2. The molecular weight excluding hydrogens is 602 g/mol. The molecule has 1 aliphatic rings. The molecule has 5 rings (SSSR count). The molecule has 236 valence electrons. The minimum Gasteiger partial charge on any atom is -0.497 e. The van der Waals surface area contributed by atoms with Crippen molar-refractivity contribution in [2.24, 2.45) is 4.99 Å². The summed E-state index contributed by atoms with van der Waals surface area (Å²) in [6.07, 6.45) is 1.61. The zero-order valence-electron chi connectivity index (χ0n) is 26.0. The summed E-state index contributed by atoms with van der Waals surface area (Å²) in [5.74, 6) is -0.271. The summed E-state index contributed by atoms with van der Waals surface area (Å²) >= 11 is 0. The fourth-order valence-corrected chi connectivity index (χ4v) is 5.68. The number of nitrogens with zero attached hydrogens (tertiary/aromatic N) is 1. The van der Waals surface area contributed by atoms with E-state index in [1.165, 1.54) is 25.3 Å². The van der Waals surface area contributed by atoms with E-state index in [0.29, 0.717) is 17.0 Å². The summed E-state index contributed by atoms with van der Waals surface area (Å²) < 4.78 is 36.8. The van der Waals surface area contributed by atoms with Gasteiger partial charge in [0, 0.05) is 29.3 Å². The van der Waals surface area contributed by atoms with Crippen LogP contribution in [-0.4, -0.2) is 39.0 Å². The Morgan fingerprint density at radius 3 is 2.22 bits per heavy atom. The Labute approximate surface area is 269 Å². The van der Waals surface area contributed by atoms with Crippen LogP contribution in [0.5, 0.6) is 5.75 Å². The largest absolute Gasteiger partial charge is 0.497 e. The number of Topliss-reactive ketones (excluding diaryl/α,β-unsaturated/α-hetero) is 1. The first-order valence-electron chi connectivity index (χ1n) is 14.7. The topological polar surface area (TPSA) is 123 Å². The van der Waals surface area contributed by atoms with E-state index < -0.39 is 27.9 Å². The van der Waals surface area contributed by atoms with Crippen molar-refractivity contribution in [3.63, 3.8) is 0 Å². The van der Waals surface area contributed by atoms with Gasteiger partial charge in [-0.25, -0.2) is 5.48 Å². The highest BCUT2D eigenvalue weighted by atomic mass is 32.2. The lowest BCUT2D eigenvalue weighted by Crippen LogP contribution is -2.32. The molecule has 1 aliphatic carbocycles. The average Bonchev–Trinajstić information content (AvgIpc) is 3.05. The standard InChI is InChI=1S/C36H35N3O6S/c1-36(2,3)25-17-19-28(20-18-25)46(42,43)45-39-31-23-32(34(40)30-16-9-8-15-29(30)31)38-33(21-24-11-6-5-7-12-24)35(41)37-26-13-10-14-27(22-26)44-4/h5-20,22-23,33,39H,21H2,1-4H3,(H,37,41). The number of hydrogen-bond acceptors (Lipinski definition) is 8. The molecule has 0 spiro atoms. The molecular formula is C36H35N3O6S. The number of ether oxygens (including phenoxy) is 1. The molecule has 0 saturated carbocycles. The van der Waals surface area contributed by atoms with Crippen molar-refractivity contribution < 1.29 is 27.0 Å². The molecule has 1 amide bonds. The third-order valence-electron chi connectivity index (χ3n) is 7.45. The van der Waals surface area contributed by atoms with E-state index in [1.807, 2.05) is 51.1 Å². The number of methoxy groups -OCH3 is 1. The van der Waals surface area contributed by atoms with Crippen LogP contribution in [0.4, 0.5) is 5.69 Å². The third-order valence-corrected chi connectivity index (χ3v) is 8.60. The number of carbonyl (C=O) groups excluding carboxylic acids is 2. The summed E-state index contributed by atoms with van der Waals surface area (Å²) in [5.41, 5.74) is 5.62. The van der Waals surface area contributed by atoms with Crippen molar-refractivity contribution in [2.45, 2.75) is 43.5 Å². The van der Waals surface area contributed by atoms with Crippen LogP contribution in [0.25, 0.3) is 5.70 Å². The van der Waals surface area contributed by atoms with Crippen LogP contribution in [-0.2, 0) is 31.0 Å². The van der Waals surface area contributed by atoms with Gasteiger partial charge in [0.05, 0.1) is 17.7 Å². The number of ketones is 1. The monoisotopic (exact) mass is 637 g/mol. The normalized spacial score (nSPS) is 14.7. The van der Waals surface area contributed by atoms with E-state index in [0.717, 1.165) is 11.1 Å². The molecule has 2 N–H and O–H groups in total. The SMILES string of the molecule is COc1cccc(NC(=O)C(Cc2ccccc2)N=C2C=C(NOS(=O)(=O)c3ccc(C(C)(C)C)cc3)c3ccccc3C2=O)c1. The first kappa shape index (κ1) is 32.3. The first-order chi connectivity index (χ1) is 21.9. The van der Waals surface area contributed by atoms with Gasteiger partial charge < -0.3 is 10.1 Å². The first-order valence-corrected chi connectivity index (χ1v) is 16.1. The van der Waals surface area contributed by atoms with Crippen molar-refractivity contribution in [2.75, 3.05) is 12.4 Å². The number of amides is 1. The minimum atomic E-state index is -4.22. The highest BCUT2D eigenvalue weighted by Crippen LogP contribution is 2.27. The highest BCUT2D eigenvalue weighted by Gasteiger charge is 2.28. The molecule has 46 heavy (non-hydrogen) atoms. The van der Waals surface area contributed by atoms with Crippen LogP contribution >= 0.6 is 0 Å². The average molecular weight is 638 g/mol. The molecule has 0 fully saturated rings. The van der Waals surface area contributed by atoms with E-state index in [2.05, 4.69) is 15.8 Å². The zero-order valence-corrected chi connectivity index (χ0v) is 26.8. The van der Waals surface area contributed by atoms with Crippen molar-refractivity contribution >= 4 is 38.9 Å². The number of rotatable bonds is 10. The molecule has 0 saturated heterocycles. The van der Waals surface area contributed by atoms with Crippen LogP contribution in [0.15, 0.2) is 119 Å². The second-order valence-corrected chi connectivity index (χ2v) is 13.3. The molecule has 9 nitrogen and oxygen atoms in total. The van der Waals surface area contributed by atoms with E-state index in [-0.39, 0.29) is 33.7 Å². The van der Waals surface area contributed by atoms with Gasteiger partial charge in [0.2, 0.25) is 11.7 Å². The molecule has 0 aromatic heterocycles. The summed E-state index contributed by atoms with van der Waals surface area (Å²) in [6.45, 7) is 6.11. The Hall–Kier alpha value is -5.06. The fraction of sp³-hybridized carbons (Fsp3) is 0.194. The Balaban J connectivity index is 1.47. The maximum absolute atomic E-state index is 13.6. The molecule has 0 heterocycles. The van der Waals surface area contributed by atoms with Crippen LogP contribution in [0.3, 0.4) is 0 Å². The molecule has 10 heteroatoms. The minimum absolute atomic E-state index is 0.0280. The lowest BCUT2D eigenvalue weighted by Gasteiger charge is -2.21. The van der Waals surface area contributed by atoms with E-state index in [4.69, 9.17) is 9.02 Å². The maximum Gasteiger partial charge on any atom is 0.317 e. The fourth-order valence-electron chi connectivity index (χ4n) is 4.91. The van der Waals surface area contributed by atoms with Gasteiger partial charge in [-0.2, -0.15) is 8.42 Å². The Bertz CT molecular complexity index is 1910. The lowest BCUT2D eigenvalue weighted by atomic mass is 9.87. The number of fused-ring (bicyclic) bond motifs is 1. The Morgan fingerprint density at radius 1 is 0.870 bits per heavy atom. The molecule has 0 radical (unpaired) electrons. The van der Waals surface area contributed by atoms with E-state index in [1.54, 1.807) is 60.7 Å². The maximum atomic E-state index is 13.6.